The second kappa shape index (κ2) is 18.7. The average Bonchev–Trinajstić information content (AvgIpc) is 2.52. The molecule has 8 heteroatoms. The van der Waals surface area contributed by atoms with E-state index in [0.717, 1.165) is 40.1 Å². The molecule has 0 saturated carbocycles. The lowest BCUT2D eigenvalue weighted by atomic mass is 10.4. The standard InChI is InChI=1S/C7H12OS2.C4H8S2.C3H6Cl2O/c1-6-2-9-4-7(8)5-10-3-6;1-4(2-5)3-6;4-1-3(6)2-5/h7-8H,1-5H2;5-6H,1-3H2;3,6H,1-2H2. The third-order valence-corrected chi connectivity index (χ3v) is 6.11. The number of halogens is 2. The topological polar surface area (TPSA) is 40.5 Å². The minimum absolute atomic E-state index is 0.108. The van der Waals surface area contributed by atoms with Crippen LogP contribution < -0.4 is 0 Å². The van der Waals surface area contributed by atoms with Crippen LogP contribution in [-0.2, 0) is 0 Å². The van der Waals surface area contributed by atoms with E-state index in [4.69, 9.17) is 28.3 Å². The molecule has 1 aliphatic rings. The SMILES string of the molecule is C=C(CS)CS.C=C1CSCC(O)CSC1.OC(CCl)CCl. The van der Waals surface area contributed by atoms with E-state index in [1.165, 1.54) is 5.57 Å². The second-order valence-corrected chi connectivity index (χ2v) is 7.77. The molecular weight excluding hydrogens is 399 g/mol. The Labute approximate surface area is 164 Å². The van der Waals surface area contributed by atoms with Gasteiger partial charge in [0, 0.05) is 46.3 Å². The molecule has 132 valence electrons. The molecule has 0 unspecified atom stereocenters. The molecular formula is C14H26Cl2O2S4. The fourth-order valence-corrected chi connectivity index (χ4v) is 3.66. The zero-order chi connectivity index (χ0) is 17.4. The third-order valence-electron chi connectivity index (χ3n) is 2.04. The first-order valence-electron chi connectivity index (χ1n) is 6.59. The lowest BCUT2D eigenvalue weighted by Gasteiger charge is -2.14. The first kappa shape index (κ1) is 25.6. The van der Waals surface area contributed by atoms with Crippen molar-refractivity contribution in [1.82, 2.24) is 0 Å². The van der Waals surface area contributed by atoms with E-state index in [1.54, 1.807) is 23.5 Å². The molecule has 1 saturated heterocycles. The zero-order valence-electron chi connectivity index (χ0n) is 12.6. The maximum Gasteiger partial charge on any atom is 0.0810 e. The van der Waals surface area contributed by atoms with Crippen LogP contribution in [0.1, 0.15) is 0 Å². The van der Waals surface area contributed by atoms with Gasteiger partial charge in [-0.25, -0.2) is 0 Å². The molecule has 1 heterocycles. The first-order chi connectivity index (χ1) is 10.4. The minimum atomic E-state index is -0.534. The zero-order valence-corrected chi connectivity index (χ0v) is 17.5. The number of hydrogen-bond acceptors (Lipinski definition) is 6. The summed E-state index contributed by atoms with van der Waals surface area (Å²) in [5, 5.41) is 17.6. The van der Waals surface area contributed by atoms with Crippen LogP contribution in [0.4, 0.5) is 0 Å². The summed E-state index contributed by atoms with van der Waals surface area (Å²) < 4.78 is 0. The van der Waals surface area contributed by atoms with Gasteiger partial charge in [-0.1, -0.05) is 24.3 Å². The molecule has 0 bridgehead atoms. The van der Waals surface area contributed by atoms with Crippen molar-refractivity contribution in [2.75, 3.05) is 46.3 Å². The van der Waals surface area contributed by atoms with Gasteiger partial charge in [0.15, 0.2) is 0 Å². The van der Waals surface area contributed by atoms with Gasteiger partial charge in [-0.3, -0.25) is 0 Å². The highest BCUT2D eigenvalue weighted by Gasteiger charge is 2.08. The third kappa shape index (κ3) is 19.4. The van der Waals surface area contributed by atoms with Gasteiger partial charge in [0.05, 0.1) is 12.2 Å². The predicted octanol–water partition coefficient (Wildman–Crippen LogP) is 3.61. The van der Waals surface area contributed by atoms with Gasteiger partial charge in [-0.05, 0) is 0 Å². The number of aliphatic hydroxyl groups excluding tert-OH is 2. The summed E-state index contributed by atoms with van der Waals surface area (Å²) in [6.07, 6.45) is -0.642. The van der Waals surface area contributed by atoms with Crippen molar-refractivity contribution in [3.05, 3.63) is 24.3 Å². The van der Waals surface area contributed by atoms with Crippen LogP contribution in [0.25, 0.3) is 0 Å². The number of hydrogen-bond donors (Lipinski definition) is 4. The molecule has 2 N–H and O–H groups in total. The summed E-state index contributed by atoms with van der Waals surface area (Å²) in [6.45, 7) is 7.56. The lowest BCUT2D eigenvalue weighted by molar-refractivity contribution is 0.222. The van der Waals surface area contributed by atoms with E-state index in [0.29, 0.717) is 0 Å². The Kier molecular flexibility index (Phi) is 21.8. The van der Waals surface area contributed by atoms with Crippen LogP contribution in [0.5, 0.6) is 0 Å². The Bertz CT molecular complexity index is 272. The Morgan fingerprint density at radius 1 is 1.18 bits per heavy atom. The number of aliphatic hydroxyl groups is 2. The van der Waals surface area contributed by atoms with Gasteiger partial charge in [0.2, 0.25) is 0 Å². The maximum absolute atomic E-state index is 9.23. The van der Waals surface area contributed by atoms with Crippen LogP contribution in [0.15, 0.2) is 24.3 Å². The maximum atomic E-state index is 9.23. The fourth-order valence-electron chi connectivity index (χ4n) is 0.860. The highest BCUT2D eigenvalue weighted by Crippen LogP contribution is 2.18. The molecule has 0 radical (unpaired) electrons. The normalized spacial score (nSPS) is 15.9. The van der Waals surface area contributed by atoms with E-state index in [1.807, 2.05) is 0 Å². The van der Waals surface area contributed by atoms with Crippen LogP contribution in [0, 0.1) is 0 Å². The van der Waals surface area contributed by atoms with Gasteiger partial charge in [-0.2, -0.15) is 48.8 Å². The van der Waals surface area contributed by atoms with Gasteiger partial charge < -0.3 is 10.2 Å². The molecule has 1 rings (SSSR count). The quantitative estimate of drug-likeness (QED) is 0.316. The summed E-state index contributed by atoms with van der Waals surface area (Å²) in [4.78, 5) is 0. The molecule has 1 aliphatic heterocycles. The molecule has 0 atom stereocenters. The van der Waals surface area contributed by atoms with Crippen molar-refractivity contribution in [2.24, 2.45) is 0 Å². The van der Waals surface area contributed by atoms with Gasteiger partial charge >= 0.3 is 0 Å². The minimum Gasteiger partial charge on any atom is -0.391 e. The van der Waals surface area contributed by atoms with Crippen molar-refractivity contribution in [3.63, 3.8) is 0 Å². The number of thioether (sulfide) groups is 2. The van der Waals surface area contributed by atoms with Crippen molar-refractivity contribution in [2.45, 2.75) is 12.2 Å². The van der Waals surface area contributed by atoms with Crippen LogP contribution in [0.3, 0.4) is 0 Å². The molecule has 1 fully saturated rings. The largest absolute Gasteiger partial charge is 0.391 e. The average molecular weight is 426 g/mol. The molecule has 2 nitrogen and oxygen atoms in total. The molecule has 0 amide bonds. The number of rotatable bonds is 4. The molecule has 22 heavy (non-hydrogen) atoms. The summed E-state index contributed by atoms with van der Waals surface area (Å²) in [5.74, 6) is 5.73. The van der Waals surface area contributed by atoms with Gasteiger partial charge in [-0.15, -0.1) is 23.2 Å². The van der Waals surface area contributed by atoms with Crippen molar-refractivity contribution in [3.8, 4) is 0 Å². The van der Waals surface area contributed by atoms with E-state index in [2.05, 4.69) is 38.4 Å². The van der Waals surface area contributed by atoms with Crippen molar-refractivity contribution >= 4 is 72.0 Å². The Balaban J connectivity index is 0. The number of thiol groups is 2. The smallest absolute Gasteiger partial charge is 0.0810 e. The Hall–Kier alpha value is 1.38. The summed E-state index contributed by atoms with van der Waals surface area (Å²) in [6, 6.07) is 0. The second-order valence-electron chi connectivity index (χ2n) is 4.46. The summed E-state index contributed by atoms with van der Waals surface area (Å²) in [5.41, 5.74) is 2.36. The molecule has 0 aromatic heterocycles. The van der Waals surface area contributed by atoms with Gasteiger partial charge in [0.25, 0.3) is 0 Å². The Morgan fingerprint density at radius 3 is 1.82 bits per heavy atom. The van der Waals surface area contributed by atoms with Crippen LogP contribution >= 0.6 is 72.0 Å². The van der Waals surface area contributed by atoms with E-state index < -0.39 is 6.10 Å². The molecule has 0 aromatic carbocycles. The highest BCUT2D eigenvalue weighted by atomic mass is 35.5. The van der Waals surface area contributed by atoms with Crippen molar-refractivity contribution < 1.29 is 10.2 Å². The summed E-state index contributed by atoms with van der Waals surface area (Å²) >= 11 is 21.7. The Morgan fingerprint density at radius 2 is 1.59 bits per heavy atom. The highest BCUT2D eigenvalue weighted by molar-refractivity contribution is 8.01. The van der Waals surface area contributed by atoms with Gasteiger partial charge in [0.1, 0.15) is 0 Å². The molecule has 0 aromatic rings. The monoisotopic (exact) mass is 424 g/mol. The molecule has 0 spiro atoms. The van der Waals surface area contributed by atoms with E-state index in [-0.39, 0.29) is 17.9 Å². The first-order valence-corrected chi connectivity index (χ1v) is 11.2. The van der Waals surface area contributed by atoms with Crippen LogP contribution in [0.2, 0.25) is 0 Å². The summed E-state index contributed by atoms with van der Waals surface area (Å²) in [7, 11) is 0. The van der Waals surface area contributed by atoms with E-state index in [9.17, 15) is 5.11 Å². The predicted molar refractivity (Wildman–Crippen MR) is 114 cm³/mol. The number of alkyl halides is 2. The fraction of sp³-hybridized carbons (Fsp3) is 0.714. The molecule has 0 aliphatic carbocycles. The van der Waals surface area contributed by atoms with E-state index >= 15 is 0 Å². The van der Waals surface area contributed by atoms with Crippen LogP contribution in [-0.4, -0.2) is 68.7 Å². The lowest BCUT2D eigenvalue weighted by Crippen LogP contribution is -2.16. The van der Waals surface area contributed by atoms with Crippen molar-refractivity contribution in [1.29, 1.82) is 0 Å².